The fourth-order valence-electron chi connectivity index (χ4n) is 2.21. The summed E-state index contributed by atoms with van der Waals surface area (Å²) in [6, 6.07) is 0. The van der Waals surface area contributed by atoms with E-state index >= 15 is 0 Å². The quantitative estimate of drug-likeness (QED) is 0.585. The summed E-state index contributed by atoms with van der Waals surface area (Å²) in [5, 5.41) is 15.7. The Hall–Kier alpha value is -0.610. The first-order valence-corrected chi connectivity index (χ1v) is 6.33. The fraction of sp³-hybridized carbons (Fsp3) is 0.917. The normalized spacial score (nSPS) is 25.4. The van der Waals surface area contributed by atoms with E-state index in [0.29, 0.717) is 12.3 Å². The molecular weight excluding hydrogens is 204 g/mol. The number of carbonyl (C=O) groups is 1. The van der Waals surface area contributed by atoms with Gasteiger partial charge in [-0.1, -0.05) is 12.8 Å². The minimum atomic E-state index is -0.125. The average Bonchev–Trinajstić information content (AvgIpc) is 2.30. The van der Waals surface area contributed by atoms with Gasteiger partial charge in [0.25, 0.3) is 0 Å². The first-order valence-electron chi connectivity index (χ1n) is 6.33. The van der Waals surface area contributed by atoms with Crippen LogP contribution in [-0.2, 0) is 4.79 Å². The van der Waals surface area contributed by atoms with Gasteiger partial charge in [0.2, 0.25) is 5.91 Å². The highest BCUT2D eigenvalue weighted by atomic mass is 16.3. The summed E-state index contributed by atoms with van der Waals surface area (Å²) in [4.78, 5) is 10.9. The molecule has 4 heteroatoms. The van der Waals surface area contributed by atoms with Gasteiger partial charge >= 0.3 is 0 Å². The largest absolute Gasteiger partial charge is 0.393 e. The lowest BCUT2D eigenvalue weighted by Crippen LogP contribution is -2.34. The summed E-state index contributed by atoms with van der Waals surface area (Å²) in [5.41, 5.74) is 0. The standard InChI is InChI=1S/C12H24N2O2/c1-13-12(16)7-4-8-14-9-10-5-2-3-6-11(10)15/h10-11,14-15H,2-9H2,1H3,(H,13,16). The fourth-order valence-corrected chi connectivity index (χ4v) is 2.21. The number of aliphatic hydroxyl groups is 1. The summed E-state index contributed by atoms with van der Waals surface area (Å²) < 4.78 is 0. The second-order valence-electron chi connectivity index (χ2n) is 4.59. The Kier molecular flexibility index (Phi) is 6.42. The number of hydrogen-bond acceptors (Lipinski definition) is 3. The molecule has 1 saturated carbocycles. The van der Waals surface area contributed by atoms with E-state index in [1.54, 1.807) is 7.05 Å². The van der Waals surface area contributed by atoms with Gasteiger partial charge < -0.3 is 15.7 Å². The molecule has 0 aromatic rings. The van der Waals surface area contributed by atoms with Crippen molar-refractivity contribution >= 4 is 5.91 Å². The van der Waals surface area contributed by atoms with E-state index < -0.39 is 0 Å². The van der Waals surface area contributed by atoms with Gasteiger partial charge in [0, 0.05) is 20.0 Å². The van der Waals surface area contributed by atoms with Crippen LogP contribution in [0.5, 0.6) is 0 Å². The first kappa shape index (κ1) is 13.5. The van der Waals surface area contributed by atoms with Crippen molar-refractivity contribution < 1.29 is 9.90 Å². The van der Waals surface area contributed by atoms with Crippen molar-refractivity contribution in [3.63, 3.8) is 0 Å². The molecule has 3 N–H and O–H groups in total. The van der Waals surface area contributed by atoms with Gasteiger partial charge in [0.05, 0.1) is 6.10 Å². The maximum atomic E-state index is 10.9. The lowest BCUT2D eigenvalue weighted by atomic mass is 9.86. The maximum Gasteiger partial charge on any atom is 0.219 e. The molecule has 1 fully saturated rings. The molecule has 0 aromatic carbocycles. The molecule has 0 saturated heterocycles. The van der Waals surface area contributed by atoms with Crippen LogP contribution in [0.3, 0.4) is 0 Å². The molecule has 16 heavy (non-hydrogen) atoms. The molecule has 1 rings (SSSR count). The maximum absolute atomic E-state index is 10.9. The molecule has 0 spiro atoms. The Balaban J connectivity index is 1.99. The summed E-state index contributed by atoms with van der Waals surface area (Å²) in [6.07, 6.45) is 5.80. The van der Waals surface area contributed by atoms with Crippen molar-refractivity contribution in [2.75, 3.05) is 20.1 Å². The van der Waals surface area contributed by atoms with Gasteiger partial charge in [-0.15, -0.1) is 0 Å². The Morgan fingerprint density at radius 1 is 1.38 bits per heavy atom. The summed E-state index contributed by atoms with van der Waals surface area (Å²) in [6.45, 7) is 1.74. The van der Waals surface area contributed by atoms with E-state index in [-0.39, 0.29) is 12.0 Å². The number of nitrogens with one attached hydrogen (secondary N) is 2. The molecule has 0 aromatic heterocycles. The van der Waals surface area contributed by atoms with E-state index in [4.69, 9.17) is 0 Å². The predicted octanol–water partition coefficient (Wildman–Crippen LogP) is 0.653. The Morgan fingerprint density at radius 2 is 2.12 bits per heavy atom. The highest BCUT2D eigenvalue weighted by Gasteiger charge is 2.22. The van der Waals surface area contributed by atoms with Crippen molar-refractivity contribution in [1.82, 2.24) is 10.6 Å². The van der Waals surface area contributed by atoms with Crippen LogP contribution in [0.15, 0.2) is 0 Å². The monoisotopic (exact) mass is 228 g/mol. The van der Waals surface area contributed by atoms with Gasteiger partial charge in [0.15, 0.2) is 0 Å². The number of carbonyl (C=O) groups excluding carboxylic acids is 1. The van der Waals surface area contributed by atoms with Gasteiger partial charge in [-0.05, 0) is 31.7 Å². The van der Waals surface area contributed by atoms with Gasteiger partial charge in [0.1, 0.15) is 0 Å². The van der Waals surface area contributed by atoms with Crippen molar-refractivity contribution in [2.45, 2.75) is 44.6 Å². The Bertz CT molecular complexity index is 209. The van der Waals surface area contributed by atoms with Crippen molar-refractivity contribution in [1.29, 1.82) is 0 Å². The second-order valence-corrected chi connectivity index (χ2v) is 4.59. The third kappa shape index (κ3) is 4.94. The first-order chi connectivity index (χ1) is 7.74. The smallest absolute Gasteiger partial charge is 0.219 e. The third-order valence-electron chi connectivity index (χ3n) is 3.31. The van der Waals surface area contributed by atoms with Crippen LogP contribution in [0.1, 0.15) is 38.5 Å². The number of amides is 1. The van der Waals surface area contributed by atoms with E-state index in [2.05, 4.69) is 10.6 Å². The molecular formula is C12H24N2O2. The molecule has 0 bridgehead atoms. The molecule has 1 aliphatic carbocycles. The zero-order valence-electron chi connectivity index (χ0n) is 10.2. The average molecular weight is 228 g/mol. The number of hydrogen-bond donors (Lipinski definition) is 3. The Labute approximate surface area is 97.8 Å². The van der Waals surface area contributed by atoms with Crippen LogP contribution >= 0.6 is 0 Å². The highest BCUT2D eigenvalue weighted by molar-refractivity contribution is 5.75. The van der Waals surface area contributed by atoms with Crippen LogP contribution < -0.4 is 10.6 Å². The Morgan fingerprint density at radius 3 is 2.81 bits per heavy atom. The van der Waals surface area contributed by atoms with E-state index in [1.807, 2.05) is 0 Å². The third-order valence-corrected chi connectivity index (χ3v) is 3.31. The topological polar surface area (TPSA) is 61.4 Å². The molecule has 0 aliphatic heterocycles. The lowest BCUT2D eigenvalue weighted by molar-refractivity contribution is -0.120. The molecule has 1 aliphatic rings. The van der Waals surface area contributed by atoms with E-state index in [1.165, 1.54) is 6.42 Å². The van der Waals surface area contributed by atoms with Crippen molar-refractivity contribution in [3.8, 4) is 0 Å². The molecule has 4 nitrogen and oxygen atoms in total. The minimum absolute atomic E-state index is 0.0968. The molecule has 1 amide bonds. The van der Waals surface area contributed by atoms with Crippen molar-refractivity contribution in [3.05, 3.63) is 0 Å². The molecule has 2 unspecified atom stereocenters. The number of rotatable bonds is 6. The highest BCUT2D eigenvalue weighted by Crippen LogP contribution is 2.23. The van der Waals surface area contributed by atoms with Crippen LogP contribution in [0.4, 0.5) is 0 Å². The zero-order chi connectivity index (χ0) is 11.8. The predicted molar refractivity (Wildman–Crippen MR) is 64.1 cm³/mol. The lowest BCUT2D eigenvalue weighted by Gasteiger charge is -2.27. The number of aliphatic hydroxyl groups excluding tert-OH is 1. The van der Waals surface area contributed by atoms with E-state index in [9.17, 15) is 9.90 Å². The SMILES string of the molecule is CNC(=O)CCCNCC1CCCCC1O. The van der Waals surface area contributed by atoms with Gasteiger partial charge in [-0.2, -0.15) is 0 Å². The van der Waals surface area contributed by atoms with Crippen LogP contribution in [0.2, 0.25) is 0 Å². The summed E-state index contributed by atoms with van der Waals surface area (Å²) >= 11 is 0. The van der Waals surface area contributed by atoms with Gasteiger partial charge in [-0.25, -0.2) is 0 Å². The molecule has 2 atom stereocenters. The molecule has 94 valence electrons. The molecule has 0 heterocycles. The van der Waals surface area contributed by atoms with Crippen molar-refractivity contribution in [2.24, 2.45) is 5.92 Å². The molecule has 0 radical (unpaired) electrons. The zero-order valence-corrected chi connectivity index (χ0v) is 10.2. The van der Waals surface area contributed by atoms with Crippen LogP contribution in [0.25, 0.3) is 0 Å². The minimum Gasteiger partial charge on any atom is -0.393 e. The summed E-state index contributed by atoms with van der Waals surface area (Å²) in [5.74, 6) is 0.508. The summed E-state index contributed by atoms with van der Waals surface area (Å²) in [7, 11) is 1.66. The van der Waals surface area contributed by atoms with Crippen LogP contribution in [-0.4, -0.2) is 37.3 Å². The second kappa shape index (κ2) is 7.63. The van der Waals surface area contributed by atoms with Gasteiger partial charge in [-0.3, -0.25) is 4.79 Å². The van der Waals surface area contributed by atoms with E-state index in [0.717, 1.165) is 38.8 Å². The van der Waals surface area contributed by atoms with Crippen LogP contribution in [0, 0.1) is 5.92 Å².